The molecular weight excluding hydrogens is 260 g/mol. The average Bonchev–Trinajstić information content (AvgIpc) is 2.54. The number of carbonyl (C=O) groups excluding carboxylic acids is 1. The second kappa shape index (κ2) is 8.83. The minimum Gasteiger partial charge on any atom is -0.354 e. The first-order chi connectivity index (χ1) is 10.3. The molecule has 116 valence electrons. The molecule has 0 bridgehead atoms. The molecule has 1 aliphatic rings. The predicted octanol–water partition coefficient (Wildman–Crippen LogP) is 3.17. The number of benzene rings is 1. The van der Waals surface area contributed by atoms with Crippen molar-refractivity contribution < 1.29 is 4.79 Å². The van der Waals surface area contributed by atoms with Crippen molar-refractivity contribution in [1.29, 1.82) is 0 Å². The lowest BCUT2D eigenvalue weighted by Crippen LogP contribution is -2.39. The van der Waals surface area contributed by atoms with Crippen molar-refractivity contribution in [2.24, 2.45) is 0 Å². The molecule has 1 fully saturated rings. The Balaban J connectivity index is 1.81. The number of hydrogen-bond acceptors (Lipinski definition) is 2. The molecule has 0 spiro atoms. The van der Waals surface area contributed by atoms with Crippen LogP contribution in [-0.2, 0) is 4.79 Å². The molecule has 3 heteroatoms. The van der Waals surface area contributed by atoms with Crippen LogP contribution in [0.5, 0.6) is 0 Å². The molecule has 1 heterocycles. The van der Waals surface area contributed by atoms with Gasteiger partial charge in [-0.05, 0) is 37.9 Å². The smallest absolute Gasteiger partial charge is 0.227 e. The van der Waals surface area contributed by atoms with E-state index in [0.29, 0.717) is 0 Å². The van der Waals surface area contributed by atoms with Crippen molar-refractivity contribution in [3.8, 4) is 0 Å². The summed E-state index contributed by atoms with van der Waals surface area (Å²) in [4.78, 5) is 14.9. The lowest BCUT2D eigenvalue weighted by atomic mass is 9.93. The maximum Gasteiger partial charge on any atom is 0.227 e. The fourth-order valence-electron chi connectivity index (χ4n) is 3.07. The average molecular weight is 288 g/mol. The van der Waals surface area contributed by atoms with Gasteiger partial charge in [0.15, 0.2) is 0 Å². The van der Waals surface area contributed by atoms with Crippen molar-refractivity contribution in [2.75, 3.05) is 26.2 Å². The molecule has 1 aromatic carbocycles. The fourth-order valence-corrected chi connectivity index (χ4v) is 3.07. The van der Waals surface area contributed by atoms with Crippen LogP contribution >= 0.6 is 0 Å². The monoisotopic (exact) mass is 288 g/mol. The van der Waals surface area contributed by atoms with Gasteiger partial charge in [0.2, 0.25) is 5.91 Å². The Morgan fingerprint density at radius 3 is 2.57 bits per heavy atom. The Bertz CT molecular complexity index is 412. The summed E-state index contributed by atoms with van der Waals surface area (Å²) in [6.07, 6.45) is 5.90. The van der Waals surface area contributed by atoms with E-state index in [-0.39, 0.29) is 11.8 Å². The molecule has 1 aliphatic heterocycles. The van der Waals surface area contributed by atoms with E-state index in [1.54, 1.807) is 0 Å². The zero-order valence-electron chi connectivity index (χ0n) is 13.2. The van der Waals surface area contributed by atoms with E-state index in [0.717, 1.165) is 31.5 Å². The van der Waals surface area contributed by atoms with Crippen LogP contribution in [0.1, 0.15) is 50.5 Å². The highest BCUT2D eigenvalue weighted by molar-refractivity contribution is 5.83. The van der Waals surface area contributed by atoms with E-state index >= 15 is 0 Å². The highest BCUT2D eigenvalue weighted by Gasteiger charge is 2.19. The summed E-state index contributed by atoms with van der Waals surface area (Å²) in [5, 5.41) is 3.13. The van der Waals surface area contributed by atoms with Gasteiger partial charge in [-0.3, -0.25) is 4.79 Å². The number of hydrogen-bond donors (Lipinski definition) is 1. The van der Waals surface area contributed by atoms with Crippen LogP contribution < -0.4 is 5.32 Å². The maximum atomic E-state index is 12.4. The zero-order valence-corrected chi connectivity index (χ0v) is 13.2. The van der Waals surface area contributed by atoms with Gasteiger partial charge in [0.05, 0.1) is 5.92 Å². The third-order valence-electron chi connectivity index (χ3n) is 4.27. The lowest BCUT2D eigenvalue weighted by Gasteiger charge is -2.26. The summed E-state index contributed by atoms with van der Waals surface area (Å²) in [6.45, 7) is 6.27. The summed E-state index contributed by atoms with van der Waals surface area (Å²) in [6, 6.07) is 10.1. The van der Waals surface area contributed by atoms with Gasteiger partial charge in [-0.1, -0.05) is 50.1 Å². The number of amides is 1. The van der Waals surface area contributed by atoms with Gasteiger partial charge in [-0.2, -0.15) is 0 Å². The van der Waals surface area contributed by atoms with Crippen molar-refractivity contribution in [1.82, 2.24) is 10.2 Å². The molecule has 1 aromatic rings. The van der Waals surface area contributed by atoms with Gasteiger partial charge in [0.1, 0.15) is 0 Å². The van der Waals surface area contributed by atoms with Crippen molar-refractivity contribution in [3.63, 3.8) is 0 Å². The van der Waals surface area contributed by atoms with E-state index in [2.05, 4.69) is 29.3 Å². The second-order valence-electron chi connectivity index (χ2n) is 5.95. The van der Waals surface area contributed by atoms with E-state index in [1.807, 2.05) is 18.2 Å². The standard InChI is InChI=1S/C18H28N2O/c1-2-9-17(16-10-5-3-6-11-16)18(21)19-12-15-20-13-7-4-8-14-20/h3,5-6,10-11,17H,2,4,7-9,12-15H2,1H3,(H,19,21). The third kappa shape index (κ3) is 5.16. The fraction of sp³-hybridized carbons (Fsp3) is 0.611. The van der Waals surface area contributed by atoms with E-state index in [1.165, 1.54) is 32.4 Å². The summed E-state index contributed by atoms with van der Waals surface area (Å²) in [5.41, 5.74) is 1.13. The van der Waals surface area contributed by atoms with E-state index < -0.39 is 0 Å². The summed E-state index contributed by atoms with van der Waals surface area (Å²) in [7, 11) is 0. The topological polar surface area (TPSA) is 32.3 Å². The largest absolute Gasteiger partial charge is 0.354 e. The molecule has 1 atom stereocenters. The van der Waals surface area contributed by atoms with Crippen LogP contribution in [0.2, 0.25) is 0 Å². The van der Waals surface area contributed by atoms with Gasteiger partial charge in [-0.25, -0.2) is 0 Å². The van der Waals surface area contributed by atoms with Crippen LogP contribution in [0.15, 0.2) is 30.3 Å². The molecule has 0 aromatic heterocycles. The van der Waals surface area contributed by atoms with Crippen LogP contribution in [0, 0.1) is 0 Å². The van der Waals surface area contributed by atoms with Crippen LogP contribution in [-0.4, -0.2) is 37.0 Å². The van der Waals surface area contributed by atoms with Crippen molar-refractivity contribution in [3.05, 3.63) is 35.9 Å². The van der Waals surface area contributed by atoms with Gasteiger partial charge < -0.3 is 10.2 Å². The first kappa shape index (κ1) is 16.0. The molecule has 1 unspecified atom stereocenters. The Labute approximate surface area is 128 Å². The van der Waals surface area contributed by atoms with E-state index in [4.69, 9.17) is 0 Å². The highest BCUT2D eigenvalue weighted by atomic mass is 16.1. The van der Waals surface area contributed by atoms with Crippen LogP contribution in [0.3, 0.4) is 0 Å². The number of rotatable bonds is 7. The van der Waals surface area contributed by atoms with Crippen molar-refractivity contribution >= 4 is 5.91 Å². The molecular formula is C18H28N2O. The Morgan fingerprint density at radius 1 is 1.19 bits per heavy atom. The predicted molar refractivity (Wildman–Crippen MR) is 87.4 cm³/mol. The third-order valence-corrected chi connectivity index (χ3v) is 4.27. The van der Waals surface area contributed by atoms with Gasteiger partial charge in [-0.15, -0.1) is 0 Å². The number of carbonyl (C=O) groups is 1. The quantitative estimate of drug-likeness (QED) is 0.836. The Morgan fingerprint density at radius 2 is 1.90 bits per heavy atom. The summed E-state index contributed by atoms with van der Waals surface area (Å²) < 4.78 is 0. The normalized spacial score (nSPS) is 17.4. The minimum atomic E-state index is -0.00226. The SMILES string of the molecule is CCCC(C(=O)NCCN1CCCCC1)c1ccccc1. The van der Waals surface area contributed by atoms with Gasteiger partial charge in [0, 0.05) is 13.1 Å². The molecule has 3 nitrogen and oxygen atoms in total. The molecule has 0 aliphatic carbocycles. The van der Waals surface area contributed by atoms with E-state index in [9.17, 15) is 4.79 Å². The molecule has 1 amide bonds. The maximum absolute atomic E-state index is 12.4. The molecule has 21 heavy (non-hydrogen) atoms. The van der Waals surface area contributed by atoms with Gasteiger partial charge in [0.25, 0.3) is 0 Å². The highest BCUT2D eigenvalue weighted by Crippen LogP contribution is 2.21. The first-order valence-corrected chi connectivity index (χ1v) is 8.36. The van der Waals surface area contributed by atoms with Crippen molar-refractivity contribution in [2.45, 2.75) is 44.9 Å². The Hall–Kier alpha value is -1.35. The molecule has 1 saturated heterocycles. The number of nitrogens with zero attached hydrogens (tertiary/aromatic N) is 1. The molecule has 0 radical (unpaired) electrons. The van der Waals surface area contributed by atoms with Crippen LogP contribution in [0.25, 0.3) is 0 Å². The lowest BCUT2D eigenvalue weighted by molar-refractivity contribution is -0.122. The second-order valence-corrected chi connectivity index (χ2v) is 5.95. The van der Waals surface area contributed by atoms with Crippen LogP contribution in [0.4, 0.5) is 0 Å². The minimum absolute atomic E-state index is 0.00226. The molecule has 2 rings (SSSR count). The summed E-state index contributed by atoms with van der Waals surface area (Å²) in [5.74, 6) is 0.178. The zero-order chi connectivity index (χ0) is 14.9. The summed E-state index contributed by atoms with van der Waals surface area (Å²) >= 11 is 0. The van der Waals surface area contributed by atoms with Gasteiger partial charge >= 0.3 is 0 Å². The molecule has 0 saturated carbocycles. The molecule has 1 N–H and O–H groups in total. The number of likely N-dealkylation sites (tertiary alicyclic amines) is 1. The number of piperidine rings is 1. The first-order valence-electron chi connectivity index (χ1n) is 8.36. The Kier molecular flexibility index (Phi) is 6.74. The number of nitrogens with one attached hydrogen (secondary N) is 1.